The highest BCUT2D eigenvalue weighted by Crippen LogP contribution is 2.50. The minimum atomic E-state index is 0.503. The van der Waals surface area contributed by atoms with Crippen molar-refractivity contribution in [2.24, 2.45) is 11.3 Å². The molecular formula is C19H30S. The Balaban J connectivity index is 2.16. The Hall–Kier alpha value is -0.430. The molecule has 1 saturated carbocycles. The molecule has 0 radical (unpaired) electrons. The largest absolute Gasteiger partial charge is 0.149 e. The third-order valence-electron chi connectivity index (χ3n) is 5.38. The minimum Gasteiger partial charge on any atom is -0.149 e. The van der Waals surface area contributed by atoms with Gasteiger partial charge in [0.25, 0.3) is 0 Å². The van der Waals surface area contributed by atoms with Crippen LogP contribution in [0.2, 0.25) is 0 Å². The van der Waals surface area contributed by atoms with E-state index in [1.165, 1.54) is 38.5 Å². The Labute approximate surface area is 130 Å². The number of rotatable bonds is 3. The van der Waals surface area contributed by atoms with E-state index in [0.29, 0.717) is 5.41 Å². The van der Waals surface area contributed by atoms with E-state index in [2.05, 4.69) is 52.5 Å². The molecule has 1 fully saturated rings. The highest BCUT2D eigenvalue weighted by atomic mass is 32.1. The lowest BCUT2D eigenvalue weighted by molar-refractivity contribution is 0.238. The molecule has 0 aliphatic heterocycles. The van der Waals surface area contributed by atoms with Gasteiger partial charge in [-0.2, -0.15) is 0 Å². The summed E-state index contributed by atoms with van der Waals surface area (Å²) in [5.41, 5.74) is 5.45. The minimum absolute atomic E-state index is 0.503. The molecule has 0 spiro atoms. The molecule has 0 aromatic heterocycles. The van der Waals surface area contributed by atoms with E-state index in [1.807, 2.05) is 0 Å². The van der Waals surface area contributed by atoms with Gasteiger partial charge in [-0.3, -0.25) is 0 Å². The van der Waals surface area contributed by atoms with Gasteiger partial charge in [-0.05, 0) is 74.2 Å². The van der Waals surface area contributed by atoms with Crippen molar-refractivity contribution in [1.29, 1.82) is 0 Å². The van der Waals surface area contributed by atoms with Gasteiger partial charge < -0.3 is 0 Å². The van der Waals surface area contributed by atoms with Crippen LogP contribution in [0.5, 0.6) is 0 Å². The third-order valence-corrected chi connectivity index (χ3v) is 5.56. The maximum Gasteiger partial charge on any atom is -0.0107 e. The predicted octanol–water partition coefficient (Wildman–Crippen LogP) is 6.46. The fraction of sp³-hybridized carbons (Fsp3) is 0.684. The van der Waals surface area contributed by atoms with E-state index in [1.54, 1.807) is 16.7 Å². The molecule has 2 unspecified atom stereocenters. The van der Waals surface area contributed by atoms with Crippen LogP contribution in [0.4, 0.5) is 0 Å². The third kappa shape index (κ3) is 3.61. The zero-order valence-electron chi connectivity index (χ0n) is 13.6. The summed E-state index contributed by atoms with van der Waals surface area (Å²) in [4.78, 5) is 1.14. The summed E-state index contributed by atoms with van der Waals surface area (Å²) in [7, 11) is 0. The molecule has 0 N–H and O–H groups in total. The van der Waals surface area contributed by atoms with Crippen molar-refractivity contribution >= 4 is 12.6 Å². The van der Waals surface area contributed by atoms with Gasteiger partial charge in [0.2, 0.25) is 0 Å². The van der Waals surface area contributed by atoms with E-state index < -0.39 is 0 Å². The fourth-order valence-electron chi connectivity index (χ4n) is 3.94. The monoisotopic (exact) mass is 290 g/mol. The van der Waals surface area contributed by atoms with E-state index in [4.69, 9.17) is 0 Å². The number of allylic oxidation sites excluding steroid dienone is 6. The number of thiol groups is 1. The van der Waals surface area contributed by atoms with Crippen LogP contribution in [0.25, 0.3) is 0 Å². The SMILES string of the molecule is CC(S)=CCC/C(C)=C1/C=C2C(C)CCCC2(C)CC1. The average molecular weight is 291 g/mol. The normalized spacial score (nSPS) is 33.5. The van der Waals surface area contributed by atoms with Gasteiger partial charge in [0.05, 0.1) is 0 Å². The first-order chi connectivity index (χ1) is 9.42. The first kappa shape index (κ1) is 15.9. The fourth-order valence-corrected chi connectivity index (χ4v) is 4.07. The van der Waals surface area contributed by atoms with Crippen molar-refractivity contribution in [1.82, 2.24) is 0 Å². The molecule has 2 rings (SSSR count). The van der Waals surface area contributed by atoms with Crippen LogP contribution < -0.4 is 0 Å². The summed E-state index contributed by atoms with van der Waals surface area (Å²) in [6.07, 6.45) is 13.9. The Kier molecular flexibility index (Phi) is 5.23. The van der Waals surface area contributed by atoms with E-state index in [0.717, 1.165) is 17.2 Å². The molecular weight excluding hydrogens is 260 g/mol. The zero-order valence-corrected chi connectivity index (χ0v) is 14.5. The Morgan fingerprint density at radius 3 is 2.85 bits per heavy atom. The van der Waals surface area contributed by atoms with Crippen molar-refractivity contribution in [3.05, 3.63) is 33.8 Å². The molecule has 0 aromatic carbocycles. The molecule has 0 aromatic rings. The standard InChI is InChI=1S/C19H30S/c1-14(7-5-9-16(3)20)17-10-12-19(4)11-6-8-15(2)18(19)13-17/h9,13,15,20H,5-8,10-12H2,1-4H3/b16-9?,17-14+. The van der Waals surface area contributed by atoms with Gasteiger partial charge in [-0.15, -0.1) is 12.6 Å². The van der Waals surface area contributed by atoms with Crippen molar-refractivity contribution in [3.63, 3.8) is 0 Å². The Morgan fingerprint density at radius 2 is 2.15 bits per heavy atom. The van der Waals surface area contributed by atoms with Crippen LogP contribution in [0.15, 0.2) is 33.8 Å². The van der Waals surface area contributed by atoms with Gasteiger partial charge >= 0.3 is 0 Å². The number of hydrogen-bond acceptors (Lipinski definition) is 1. The summed E-state index contributed by atoms with van der Waals surface area (Å²) in [6.45, 7) is 9.30. The summed E-state index contributed by atoms with van der Waals surface area (Å²) < 4.78 is 0. The van der Waals surface area contributed by atoms with Crippen molar-refractivity contribution in [2.45, 2.75) is 72.6 Å². The topological polar surface area (TPSA) is 0 Å². The lowest BCUT2D eigenvalue weighted by atomic mass is 9.61. The lowest BCUT2D eigenvalue weighted by Crippen LogP contribution is -2.30. The van der Waals surface area contributed by atoms with Gasteiger partial charge in [0.15, 0.2) is 0 Å². The predicted molar refractivity (Wildman–Crippen MR) is 93.1 cm³/mol. The zero-order chi connectivity index (χ0) is 14.8. The van der Waals surface area contributed by atoms with Crippen LogP contribution >= 0.6 is 12.6 Å². The second-order valence-electron chi connectivity index (χ2n) is 7.14. The van der Waals surface area contributed by atoms with Gasteiger partial charge in [0, 0.05) is 0 Å². The summed E-state index contributed by atoms with van der Waals surface area (Å²) >= 11 is 4.34. The van der Waals surface area contributed by atoms with E-state index in [9.17, 15) is 0 Å². The van der Waals surface area contributed by atoms with Gasteiger partial charge in [-0.1, -0.05) is 43.6 Å². The van der Waals surface area contributed by atoms with Crippen LogP contribution in [-0.4, -0.2) is 0 Å². The Morgan fingerprint density at radius 1 is 1.40 bits per heavy atom. The number of fused-ring (bicyclic) bond motifs is 1. The molecule has 112 valence electrons. The van der Waals surface area contributed by atoms with E-state index >= 15 is 0 Å². The molecule has 2 atom stereocenters. The van der Waals surface area contributed by atoms with Gasteiger partial charge in [-0.25, -0.2) is 0 Å². The average Bonchev–Trinajstić information content (AvgIpc) is 2.37. The molecule has 2 aliphatic rings. The van der Waals surface area contributed by atoms with Crippen molar-refractivity contribution in [3.8, 4) is 0 Å². The van der Waals surface area contributed by atoms with Crippen LogP contribution in [0.3, 0.4) is 0 Å². The highest BCUT2D eigenvalue weighted by Gasteiger charge is 2.37. The maximum atomic E-state index is 4.34. The van der Waals surface area contributed by atoms with Gasteiger partial charge in [0.1, 0.15) is 0 Å². The molecule has 0 amide bonds. The smallest absolute Gasteiger partial charge is 0.0107 e. The lowest BCUT2D eigenvalue weighted by Gasteiger charge is -2.43. The molecule has 2 aliphatic carbocycles. The maximum absolute atomic E-state index is 4.34. The second kappa shape index (κ2) is 6.56. The molecule has 1 heteroatoms. The molecule has 0 bridgehead atoms. The van der Waals surface area contributed by atoms with Crippen molar-refractivity contribution in [2.75, 3.05) is 0 Å². The first-order valence-corrected chi connectivity index (χ1v) is 8.63. The van der Waals surface area contributed by atoms with Crippen LogP contribution in [-0.2, 0) is 0 Å². The van der Waals surface area contributed by atoms with E-state index in [-0.39, 0.29) is 0 Å². The summed E-state index contributed by atoms with van der Waals surface area (Å²) in [5.74, 6) is 0.788. The molecule has 0 nitrogen and oxygen atoms in total. The number of hydrogen-bond donors (Lipinski definition) is 1. The quantitative estimate of drug-likeness (QED) is 0.566. The highest BCUT2D eigenvalue weighted by molar-refractivity contribution is 7.84. The van der Waals surface area contributed by atoms with Crippen LogP contribution in [0, 0.1) is 11.3 Å². The van der Waals surface area contributed by atoms with Crippen LogP contribution in [0.1, 0.15) is 72.6 Å². The molecule has 0 heterocycles. The van der Waals surface area contributed by atoms with Crippen molar-refractivity contribution < 1.29 is 0 Å². The first-order valence-electron chi connectivity index (χ1n) is 8.19. The Bertz CT molecular complexity index is 448. The molecule has 0 saturated heterocycles. The summed E-state index contributed by atoms with van der Waals surface area (Å²) in [6, 6.07) is 0. The summed E-state index contributed by atoms with van der Waals surface area (Å²) in [5, 5.41) is 0. The second-order valence-corrected chi connectivity index (χ2v) is 7.85. The molecule has 20 heavy (non-hydrogen) atoms.